The van der Waals surface area contributed by atoms with Crippen LogP contribution in [0.5, 0.6) is 0 Å². The third kappa shape index (κ3) is 6.55. The van der Waals surface area contributed by atoms with Gasteiger partial charge in [0.25, 0.3) is 0 Å². The lowest BCUT2D eigenvalue weighted by Crippen LogP contribution is -2.44. The van der Waals surface area contributed by atoms with Crippen LogP contribution in [-0.4, -0.2) is 49.5 Å². The summed E-state index contributed by atoms with van der Waals surface area (Å²) in [6.45, 7) is 3.39. The molecule has 2 aromatic carbocycles. The Labute approximate surface area is 210 Å². The largest absolute Gasteiger partial charge is 0.367 e. The maximum atomic E-state index is 14.1. The zero-order valence-electron chi connectivity index (χ0n) is 18.7. The van der Waals surface area contributed by atoms with Gasteiger partial charge in [0, 0.05) is 58.3 Å². The minimum atomic E-state index is -0.569. The molecule has 33 heavy (non-hydrogen) atoms. The quantitative estimate of drug-likeness (QED) is 0.317. The summed E-state index contributed by atoms with van der Waals surface area (Å²) >= 11 is 0. The molecule has 1 atom stereocenters. The van der Waals surface area contributed by atoms with Crippen molar-refractivity contribution < 1.29 is 13.6 Å². The van der Waals surface area contributed by atoms with Crippen LogP contribution in [0.4, 0.5) is 14.5 Å². The molecule has 2 aliphatic rings. The fourth-order valence-electron chi connectivity index (χ4n) is 4.34. The van der Waals surface area contributed by atoms with Crippen LogP contribution in [0.15, 0.2) is 47.5 Å². The summed E-state index contributed by atoms with van der Waals surface area (Å²) in [6, 6.07) is 12.0. The van der Waals surface area contributed by atoms with Crippen LogP contribution in [0.25, 0.3) is 0 Å². The van der Waals surface area contributed by atoms with E-state index >= 15 is 0 Å². The number of likely N-dealkylation sites (tertiary alicyclic amines) is 1. The molecular formula is C24H30F2IN5O. The molecule has 0 spiro atoms. The molecule has 1 unspecified atom stereocenters. The molecule has 6 nitrogen and oxygen atoms in total. The number of guanidine groups is 1. The first-order valence-electron chi connectivity index (χ1n) is 11.0. The van der Waals surface area contributed by atoms with E-state index < -0.39 is 11.6 Å². The minimum absolute atomic E-state index is 0. The van der Waals surface area contributed by atoms with Crippen molar-refractivity contribution in [2.24, 2.45) is 4.99 Å². The molecule has 9 heteroatoms. The Bertz CT molecular complexity index is 1000. The maximum Gasteiger partial charge on any atom is 0.222 e. The molecule has 1 amide bonds. The lowest BCUT2D eigenvalue weighted by Gasteiger charge is -2.21. The number of rotatable bonds is 6. The van der Waals surface area contributed by atoms with Crippen LogP contribution < -0.4 is 15.5 Å². The number of benzene rings is 2. The van der Waals surface area contributed by atoms with Crippen LogP contribution in [0.2, 0.25) is 0 Å². The maximum absolute atomic E-state index is 14.1. The van der Waals surface area contributed by atoms with Gasteiger partial charge in [0.15, 0.2) is 5.96 Å². The van der Waals surface area contributed by atoms with Crippen LogP contribution in [0, 0.1) is 11.6 Å². The molecule has 0 bridgehead atoms. The predicted octanol–water partition coefficient (Wildman–Crippen LogP) is 3.65. The van der Waals surface area contributed by atoms with E-state index in [-0.39, 0.29) is 35.9 Å². The van der Waals surface area contributed by atoms with Crippen molar-refractivity contribution in [2.45, 2.75) is 38.4 Å². The Hall–Kier alpha value is -2.43. The van der Waals surface area contributed by atoms with Crippen molar-refractivity contribution in [3.8, 4) is 0 Å². The normalized spacial score (nSPS) is 18.5. The second-order valence-corrected chi connectivity index (χ2v) is 8.34. The van der Waals surface area contributed by atoms with Crippen molar-refractivity contribution in [1.82, 2.24) is 15.5 Å². The van der Waals surface area contributed by atoms with E-state index in [0.717, 1.165) is 36.6 Å². The van der Waals surface area contributed by atoms with E-state index in [4.69, 9.17) is 0 Å². The van der Waals surface area contributed by atoms with Crippen molar-refractivity contribution >= 4 is 41.5 Å². The first kappa shape index (κ1) is 25.2. The van der Waals surface area contributed by atoms with Crippen LogP contribution in [0.3, 0.4) is 0 Å². The van der Waals surface area contributed by atoms with E-state index in [0.29, 0.717) is 44.2 Å². The van der Waals surface area contributed by atoms with Crippen molar-refractivity contribution in [2.75, 3.05) is 31.6 Å². The molecule has 2 N–H and O–H groups in total. The first-order chi connectivity index (χ1) is 15.5. The first-order valence-corrected chi connectivity index (χ1v) is 11.0. The fourth-order valence-corrected chi connectivity index (χ4v) is 4.34. The Morgan fingerprint density at radius 3 is 2.70 bits per heavy atom. The number of nitrogens with zero attached hydrogens (tertiary/aromatic N) is 3. The Balaban J connectivity index is 0.00000306. The average Bonchev–Trinajstić information content (AvgIpc) is 3.40. The lowest BCUT2D eigenvalue weighted by molar-refractivity contribution is -0.128. The molecule has 2 aromatic rings. The third-order valence-electron chi connectivity index (χ3n) is 6.00. The number of halogens is 3. The standard InChI is InChI=1S/C24H29F2N5O.HI/c1-27-24(29-20-9-11-30(16-20)22-8-7-19(25)13-21(22)26)28-14-17-4-2-5-18(12-17)15-31-10-3-6-23(31)32;/h2,4-5,7-8,12-13,20H,3,6,9-11,14-16H2,1H3,(H2,27,28,29);1H. The Morgan fingerprint density at radius 2 is 1.97 bits per heavy atom. The molecule has 2 fully saturated rings. The summed E-state index contributed by atoms with van der Waals surface area (Å²) in [6.07, 6.45) is 2.42. The van der Waals surface area contributed by atoms with Gasteiger partial charge in [-0.15, -0.1) is 24.0 Å². The van der Waals surface area contributed by atoms with E-state index in [1.165, 1.54) is 12.1 Å². The third-order valence-corrected chi connectivity index (χ3v) is 6.00. The second kappa shape index (κ2) is 11.6. The lowest BCUT2D eigenvalue weighted by atomic mass is 10.1. The van der Waals surface area contributed by atoms with Crippen LogP contribution >= 0.6 is 24.0 Å². The second-order valence-electron chi connectivity index (χ2n) is 8.34. The number of carbonyl (C=O) groups is 1. The summed E-state index contributed by atoms with van der Waals surface area (Å²) in [7, 11) is 1.72. The van der Waals surface area contributed by atoms with Crippen molar-refractivity contribution in [1.29, 1.82) is 0 Å². The Morgan fingerprint density at radius 1 is 1.15 bits per heavy atom. The van der Waals surface area contributed by atoms with Gasteiger partial charge in [-0.1, -0.05) is 24.3 Å². The predicted molar refractivity (Wildman–Crippen MR) is 137 cm³/mol. The van der Waals surface area contributed by atoms with Crippen molar-refractivity contribution in [3.05, 3.63) is 65.2 Å². The smallest absolute Gasteiger partial charge is 0.222 e. The van der Waals surface area contributed by atoms with Gasteiger partial charge in [-0.2, -0.15) is 0 Å². The summed E-state index contributed by atoms with van der Waals surface area (Å²) in [4.78, 5) is 20.0. The summed E-state index contributed by atoms with van der Waals surface area (Å²) in [5.74, 6) is -0.203. The average molecular weight is 569 g/mol. The number of amides is 1. The number of hydrogen-bond donors (Lipinski definition) is 2. The summed E-state index contributed by atoms with van der Waals surface area (Å²) in [5, 5.41) is 6.73. The molecule has 4 rings (SSSR count). The van der Waals surface area contributed by atoms with E-state index in [1.807, 2.05) is 28.0 Å². The molecule has 2 heterocycles. The number of carbonyl (C=O) groups excluding carboxylic acids is 1. The zero-order valence-corrected chi connectivity index (χ0v) is 21.0. The van der Waals surface area contributed by atoms with E-state index in [2.05, 4.69) is 21.7 Å². The number of nitrogens with one attached hydrogen (secondary N) is 2. The topological polar surface area (TPSA) is 60.0 Å². The molecule has 2 saturated heterocycles. The SMILES string of the molecule is CN=C(NCc1cccc(CN2CCCC2=O)c1)NC1CCN(c2ccc(F)cc2F)C1.I. The molecule has 0 aliphatic carbocycles. The number of hydrogen-bond acceptors (Lipinski definition) is 3. The fraction of sp³-hybridized carbons (Fsp3) is 0.417. The van der Waals surface area contributed by atoms with E-state index in [9.17, 15) is 13.6 Å². The number of aliphatic imine (C=N–C) groups is 1. The monoisotopic (exact) mass is 569 g/mol. The molecule has 0 radical (unpaired) electrons. The zero-order chi connectivity index (χ0) is 22.5. The minimum Gasteiger partial charge on any atom is -0.367 e. The van der Waals surface area contributed by atoms with Gasteiger partial charge in [-0.25, -0.2) is 8.78 Å². The molecule has 0 aromatic heterocycles. The number of anilines is 1. The summed E-state index contributed by atoms with van der Waals surface area (Å²) < 4.78 is 27.3. The van der Waals surface area contributed by atoms with Gasteiger partial charge in [0.05, 0.1) is 5.69 Å². The van der Waals surface area contributed by atoms with Gasteiger partial charge >= 0.3 is 0 Å². The highest BCUT2D eigenvalue weighted by molar-refractivity contribution is 14.0. The Kier molecular flexibility index (Phi) is 8.87. The van der Waals surface area contributed by atoms with Crippen LogP contribution in [0.1, 0.15) is 30.4 Å². The van der Waals surface area contributed by atoms with Crippen molar-refractivity contribution in [3.63, 3.8) is 0 Å². The van der Waals surface area contributed by atoms with Crippen LogP contribution in [-0.2, 0) is 17.9 Å². The molecular weight excluding hydrogens is 539 g/mol. The van der Waals surface area contributed by atoms with Gasteiger partial charge in [-0.05, 0) is 36.1 Å². The van der Waals surface area contributed by atoms with Gasteiger partial charge in [-0.3, -0.25) is 9.79 Å². The molecule has 178 valence electrons. The van der Waals surface area contributed by atoms with Gasteiger partial charge < -0.3 is 20.4 Å². The summed E-state index contributed by atoms with van der Waals surface area (Å²) in [5.41, 5.74) is 2.65. The van der Waals surface area contributed by atoms with E-state index in [1.54, 1.807) is 7.05 Å². The highest BCUT2D eigenvalue weighted by atomic mass is 127. The van der Waals surface area contributed by atoms with Gasteiger partial charge in [0.2, 0.25) is 5.91 Å². The highest BCUT2D eigenvalue weighted by Crippen LogP contribution is 2.24. The molecule has 0 saturated carbocycles. The molecule has 2 aliphatic heterocycles. The van der Waals surface area contributed by atoms with Gasteiger partial charge in [0.1, 0.15) is 11.6 Å². The highest BCUT2D eigenvalue weighted by Gasteiger charge is 2.25.